The molecule has 3 aromatic carbocycles. The summed E-state index contributed by atoms with van der Waals surface area (Å²) in [6.45, 7) is 1.45. The van der Waals surface area contributed by atoms with Crippen molar-refractivity contribution < 1.29 is 17.9 Å². The van der Waals surface area contributed by atoms with Crippen molar-refractivity contribution >= 4 is 55.5 Å². The van der Waals surface area contributed by atoms with E-state index < -0.39 is 22.5 Å². The molecule has 34 heavy (non-hydrogen) atoms. The third-order valence-corrected chi connectivity index (χ3v) is 7.97. The van der Waals surface area contributed by atoms with Gasteiger partial charge in [-0.25, -0.2) is 13.8 Å². The van der Waals surface area contributed by atoms with Crippen LogP contribution in [0.3, 0.4) is 0 Å². The number of hydrazone groups is 1. The lowest BCUT2D eigenvalue weighted by Gasteiger charge is -2.24. The van der Waals surface area contributed by atoms with Crippen LogP contribution in [0, 0.1) is 6.92 Å². The van der Waals surface area contributed by atoms with Gasteiger partial charge in [-0.05, 0) is 77.1 Å². The van der Waals surface area contributed by atoms with Gasteiger partial charge in [0.05, 0.1) is 28.4 Å². The number of carbonyl (C=O) groups is 1. The average molecular weight is 563 g/mol. The first-order valence-corrected chi connectivity index (χ1v) is 13.6. The molecule has 0 heterocycles. The molecule has 0 spiro atoms. The molecule has 0 aliphatic heterocycles. The molecule has 3 rings (SSSR count). The van der Waals surface area contributed by atoms with Crippen molar-refractivity contribution in [1.29, 1.82) is 0 Å². The summed E-state index contributed by atoms with van der Waals surface area (Å²) < 4.78 is 33.7. The van der Waals surface area contributed by atoms with Crippen molar-refractivity contribution in [3.63, 3.8) is 0 Å². The summed E-state index contributed by atoms with van der Waals surface area (Å²) in [6.07, 6.45) is 3.50. The number of methoxy groups -OCH3 is 1. The molecule has 10 heteroatoms. The summed E-state index contributed by atoms with van der Waals surface area (Å²) in [5, 5.41) is 3.97. The zero-order valence-electron chi connectivity index (χ0n) is 18.9. The van der Waals surface area contributed by atoms with Crippen LogP contribution in [0.25, 0.3) is 0 Å². The lowest BCUT2D eigenvalue weighted by molar-refractivity contribution is -0.119. The number of anilines is 1. The molecule has 0 aliphatic carbocycles. The highest BCUT2D eigenvalue weighted by molar-refractivity contribution is 9.10. The van der Waals surface area contributed by atoms with Crippen LogP contribution in [-0.2, 0) is 14.8 Å². The van der Waals surface area contributed by atoms with Crippen LogP contribution in [-0.4, -0.2) is 40.4 Å². The Labute approximate surface area is 212 Å². The van der Waals surface area contributed by atoms with Crippen LogP contribution in [0.1, 0.15) is 11.1 Å². The van der Waals surface area contributed by atoms with E-state index in [1.54, 1.807) is 42.1 Å². The lowest BCUT2D eigenvalue weighted by Crippen LogP contribution is -2.39. The topological polar surface area (TPSA) is 88.1 Å². The number of benzene rings is 3. The predicted octanol–water partition coefficient (Wildman–Crippen LogP) is 4.83. The Morgan fingerprint density at radius 2 is 1.79 bits per heavy atom. The molecular weight excluding hydrogens is 538 g/mol. The van der Waals surface area contributed by atoms with E-state index in [-0.39, 0.29) is 4.90 Å². The van der Waals surface area contributed by atoms with Crippen molar-refractivity contribution in [1.82, 2.24) is 5.43 Å². The van der Waals surface area contributed by atoms with E-state index in [1.165, 1.54) is 25.5 Å². The molecule has 0 radical (unpaired) electrons. The van der Waals surface area contributed by atoms with Crippen LogP contribution in [0.2, 0.25) is 0 Å². The van der Waals surface area contributed by atoms with Gasteiger partial charge in [0, 0.05) is 4.90 Å². The number of halogens is 1. The highest BCUT2D eigenvalue weighted by atomic mass is 79.9. The number of ether oxygens (including phenoxy) is 1. The first kappa shape index (κ1) is 25.8. The van der Waals surface area contributed by atoms with Gasteiger partial charge in [0.2, 0.25) is 0 Å². The van der Waals surface area contributed by atoms with E-state index >= 15 is 0 Å². The maximum Gasteiger partial charge on any atom is 0.264 e. The molecule has 0 atom stereocenters. The van der Waals surface area contributed by atoms with E-state index in [0.29, 0.717) is 15.9 Å². The van der Waals surface area contributed by atoms with Gasteiger partial charge in [-0.15, -0.1) is 11.8 Å². The minimum Gasteiger partial charge on any atom is -0.496 e. The zero-order chi connectivity index (χ0) is 24.7. The molecule has 0 fully saturated rings. The standard InChI is InChI=1S/C24H24BrN3O4S2/c1-17-4-8-19(9-5-17)28(34(30,31)21-12-13-23(32-2)22(25)14-21)16-24(29)27-26-15-18-6-10-20(33-3)11-7-18/h4-15H,16H2,1-3H3,(H,27,29)/b26-15-. The Morgan fingerprint density at radius 1 is 1.12 bits per heavy atom. The Kier molecular flexibility index (Phi) is 8.76. The highest BCUT2D eigenvalue weighted by Gasteiger charge is 2.28. The molecule has 0 bridgehead atoms. The number of hydrogen-bond acceptors (Lipinski definition) is 6. The van der Waals surface area contributed by atoms with Crippen LogP contribution in [0.15, 0.2) is 86.1 Å². The van der Waals surface area contributed by atoms with E-state index in [4.69, 9.17) is 4.74 Å². The van der Waals surface area contributed by atoms with Crippen molar-refractivity contribution in [2.45, 2.75) is 16.7 Å². The third kappa shape index (κ3) is 6.40. The van der Waals surface area contributed by atoms with Crippen LogP contribution in [0.4, 0.5) is 5.69 Å². The number of carbonyl (C=O) groups excluding carboxylic acids is 1. The van der Waals surface area contributed by atoms with Gasteiger partial charge in [0.15, 0.2) is 0 Å². The van der Waals surface area contributed by atoms with E-state index in [0.717, 1.165) is 20.3 Å². The summed E-state index contributed by atoms with van der Waals surface area (Å²) in [5.74, 6) is -0.0767. The lowest BCUT2D eigenvalue weighted by atomic mass is 10.2. The minimum atomic E-state index is -4.06. The fourth-order valence-electron chi connectivity index (χ4n) is 3.00. The number of aryl methyl sites for hydroxylation is 1. The van der Waals surface area contributed by atoms with Gasteiger partial charge in [-0.1, -0.05) is 29.8 Å². The highest BCUT2D eigenvalue weighted by Crippen LogP contribution is 2.30. The Bertz CT molecular complexity index is 1280. The summed E-state index contributed by atoms with van der Waals surface area (Å²) in [5.41, 5.74) is 4.56. The quantitative estimate of drug-likeness (QED) is 0.229. The molecule has 178 valence electrons. The number of nitrogens with zero attached hydrogens (tertiary/aromatic N) is 2. The van der Waals surface area contributed by atoms with Crippen molar-refractivity contribution in [3.05, 3.63) is 82.3 Å². The first-order valence-electron chi connectivity index (χ1n) is 10.1. The molecule has 0 aliphatic rings. The first-order chi connectivity index (χ1) is 16.2. The number of nitrogens with one attached hydrogen (secondary N) is 1. The Hall–Kier alpha value is -2.82. The van der Waals surface area contributed by atoms with Gasteiger partial charge in [0.1, 0.15) is 12.3 Å². The largest absolute Gasteiger partial charge is 0.496 e. The molecule has 3 aromatic rings. The summed E-state index contributed by atoms with van der Waals surface area (Å²) in [7, 11) is -2.57. The zero-order valence-corrected chi connectivity index (χ0v) is 22.1. The fraction of sp³-hybridized carbons (Fsp3) is 0.167. The van der Waals surface area contributed by atoms with Gasteiger partial charge < -0.3 is 4.74 Å². The monoisotopic (exact) mass is 561 g/mol. The number of hydrogen-bond donors (Lipinski definition) is 1. The molecule has 7 nitrogen and oxygen atoms in total. The van der Waals surface area contributed by atoms with E-state index in [1.807, 2.05) is 37.4 Å². The van der Waals surface area contributed by atoms with Gasteiger partial charge in [-0.3, -0.25) is 9.10 Å². The normalized spacial score (nSPS) is 11.4. The number of thioether (sulfide) groups is 1. The van der Waals surface area contributed by atoms with Crippen molar-refractivity contribution in [2.75, 3.05) is 24.2 Å². The third-order valence-electron chi connectivity index (χ3n) is 4.84. The fourth-order valence-corrected chi connectivity index (χ4v) is 5.54. The van der Waals surface area contributed by atoms with Crippen molar-refractivity contribution in [3.8, 4) is 5.75 Å². The molecular formula is C24H24BrN3O4S2. The van der Waals surface area contributed by atoms with Crippen LogP contribution >= 0.6 is 27.7 Å². The van der Waals surface area contributed by atoms with Crippen LogP contribution < -0.4 is 14.5 Å². The van der Waals surface area contributed by atoms with Gasteiger partial charge in [-0.2, -0.15) is 5.10 Å². The van der Waals surface area contributed by atoms with Gasteiger partial charge >= 0.3 is 0 Å². The SMILES string of the molecule is COc1ccc(S(=O)(=O)N(CC(=O)N/N=C\c2ccc(SC)cc2)c2ccc(C)cc2)cc1Br. The predicted molar refractivity (Wildman–Crippen MR) is 140 cm³/mol. The smallest absolute Gasteiger partial charge is 0.264 e. The van der Waals surface area contributed by atoms with E-state index in [9.17, 15) is 13.2 Å². The molecule has 1 amide bonds. The number of rotatable bonds is 9. The van der Waals surface area contributed by atoms with Crippen molar-refractivity contribution in [2.24, 2.45) is 5.10 Å². The molecule has 0 saturated carbocycles. The summed E-state index contributed by atoms with van der Waals surface area (Å²) in [4.78, 5) is 13.8. The molecule has 1 N–H and O–H groups in total. The second kappa shape index (κ2) is 11.5. The maximum atomic E-state index is 13.5. The summed E-state index contributed by atoms with van der Waals surface area (Å²) >= 11 is 4.95. The number of sulfonamides is 1. The molecule has 0 aromatic heterocycles. The molecule has 0 saturated heterocycles. The maximum absolute atomic E-state index is 13.5. The Morgan fingerprint density at radius 3 is 2.38 bits per heavy atom. The van der Waals surface area contributed by atoms with Crippen LogP contribution in [0.5, 0.6) is 5.75 Å². The second-order valence-corrected chi connectivity index (χ2v) is 10.8. The number of amides is 1. The van der Waals surface area contributed by atoms with E-state index in [2.05, 4.69) is 26.5 Å². The summed E-state index contributed by atoms with van der Waals surface area (Å²) in [6, 6.07) is 19.0. The minimum absolute atomic E-state index is 0.0194. The van der Waals surface area contributed by atoms with Gasteiger partial charge in [0.25, 0.3) is 15.9 Å². The molecule has 0 unspecified atom stereocenters. The average Bonchev–Trinajstić information content (AvgIpc) is 2.83. The second-order valence-electron chi connectivity index (χ2n) is 7.21. The Balaban J connectivity index is 1.84.